The molecule has 0 fully saturated rings. The molecule has 9 heteroatoms. The second kappa shape index (κ2) is 13.0. The molecule has 2 N–H and O–H groups in total. The van der Waals surface area contributed by atoms with Crippen molar-refractivity contribution in [1.82, 2.24) is 15.2 Å². The third-order valence-corrected chi connectivity index (χ3v) is 5.62. The average Bonchev–Trinajstić information content (AvgIpc) is 2.76. The summed E-state index contributed by atoms with van der Waals surface area (Å²) in [5.41, 5.74) is 1.03. The third kappa shape index (κ3) is 10.2. The molecule has 2 rings (SSSR count). The van der Waals surface area contributed by atoms with Crippen LogP contribution in [0.25, 0.3) is 0 Å². The van der Waals surface area contributed by atoms with Crippen molar-refractivity contribution >= 4 is 35.4 Å². The van der Waals surface area contributed by atoms with Crippen LogP contribution in [0.2, 0.25) is 0 Å². The molecule has 2 aromatic rings. The van der Waals surface area contributed by atoms with E-state index in [9.17, 15) is 14.4 Å². The van der Waals surface area contributed by atoms with Crippen LogP contribution in [0.5, 0.6) is 0 Å². The van der Waals surface area contributed by atoms with E-state index in [0.29, 0.717) is 26.1 Å². The molecule has 1 heterocycles. The molecule has 1 aromatic carbocycles. The van der Waals surface area contributed by atoms with E-state index in [0.717, 1.165) is 16.1 Å². The highest BCUT2D eigenvalue weighted by Crippen LogP contribution is 2.24. The Labute approximate surface area is 205 Å². The van der Waals surface area contributed by atoms with E-state index in [2.05, 4.69) is 15.6 Å². The molecule has 0 spiro atoms. The number of thioether (sulfide) groups is 1. The quantitative estimate of drug-likeness (QED) is 0.380. The van der Waals surface area contributed by atoms with E-state index < -0.39 is 11.7 Å². The van der Waals surface area contributed by atoms with Gasteiger partial charge in [0.05, 0.1) is 11.8 Å². The fourth-order valence-corrected chi connectivity index (χ4v) is 3.87. The average molecular weight is 487 g/mol. The fourth-order valence-electron chi connectivity index (χ4n) is 2.98. The summed E-state index contributed by atoms with van der Waals surface area (Å²) >= 11 is 1.44. The van der Waals surface area contributed by atoms with Crippen LogP contribution in [-0.2, 0) is 20.9 Å². The van der Waals surface area contributed by atoms with E-state index >= 15 is 0 Å². The number of pyridine rings is 1. The van der Waals surface area contributed by atoms with E-state index in [-0.39, 0.29) is 17.1 Å². The van der Waals surface area contributed by atoms with Gasteiger partial charge in [-0.3, -0.25) is 14.6 Å². The van der Waals surface area contributed by atoms with Gasteiger partial charge >= 0.3 is 6.09 Å². The van der Waals surface area contributed by atoms with Crippen molar-refractivity contribution in [2.75, 3.05) is 18.4 Å². The van der Waals surface area contributed by atoms with Gasteiger partial charge in [0.2, 0.25) is 11.8 Å². The van der Waals surface area contributed by atoms with E-state index in [1.165, 1.54) is 18.7 Å². The summed E-state index contributed by atoms with van der Waals surface area (Å²) < 4.78 is 5.54. The lowest BCUT2D eigenvalue weighted by molar-refractivity contribution is -0.120. The summed E-state index contributed by atoms with van der Waals surface area (Å²) in [7, 11) is 0. The van der Waals surface area contributed by atoms with Gasteiger partial charge in [-0.25, -0.2) is 4.79 Å². The van der Waals surface area contributed by atoms with Crippen LogP contribution >= 0.6 is 11.8 Å². The van der Waals surface area contributed by atoms with Gasteiger partial charge in [0.15, 0.2) is 0 Å². The first-order valence-electron chi connectivity index (χ1n) is 11.2. The van der Waals surface area contributed by atoms with E-state index in [4.69, 9.17) is 4.74 Å². The molecule has 3 amide bonds. The normalized spacial score (nSPS) is 11.9. The molecule has 0 saturated heterocycles. The van der Waals surface area contributed by atoms with Crippen molar-refractivity contribution in [2.24, 2.45) is 0 Å². The predicted octanol–water partition coefficient (Wildman–Crippen LogP) is 4.46. The lowest BCUT2D eigenvalue weighted by Gasteiger charge is -2.27. The van der Waals surface area contributed by atoms with Gasteiger partial charge in [0.1, 0.15) is 5.60 Å². The minimum absolute atomic E-state index is 0.0768. The summed E-state index contributed by atoms with van der Waals surface area (Å²) in [5.74, 6) is -0.203. The first kappa shape index (κ1) is 27.2. The number of nitrogens with one attached hydrogen (secondary N) is 2. The molecule has 34 heavy (non-hydrogen) atoms. The lowest BCUT2D eigenvalue weighted by atomic mass is 10.2. The SMILES string of the molecule is CC(=O)Nc1ccc(SC(C)C(=O)NCCCN(Cc2cccnc2)C(=O)OC(C)(C)C)cc1. The fraction of sp³-hybridized carbons (Fsp3) is 0.440. The van der Waals surface area contributed by atoms with Crippen molar-refractivity contribution in [3.63, 3.8) is 0 Å². The summed E-state index contributed by atoms with van der Waals surface area (Å²) in [4.78, 5) is 43.0. The van der Waals surface area contributed by atoms with Gasteiger partial charge in [0, 0.05) is 43.0 Å². The topological polar surface area (TPSA) is 101 Å². The standard InChI is InChI=1S/C25H34N4O4S/c1-18(34-22-11-9-21(10-12-22)28-19(2)30)23(31)27-14-7-15-29(24(32)33-25(3,4)5)17-20-8-6-13-26-16-20/h6,8-13,16,18H,7,14-15,17H2,1-5H3,(H,27,31)(H,28,30). The number of amides is 3. The monoisotopic (exact) mass is 486 g/mol. The summed E-state index contributed by atoms with van der Waals surface area (Å²) in [6.45, 7) is 10.1. The number of carbonyl (C=O) groups is 3. The Morgan fingerprint density at radius 3 is 2.44 bits per heavy atom. The number of nitrogens with zero attached hydrogens (tertiary/aromatic N) is 2. The highest BCUT2D eigenvalue weighted by Gasteiger charge is 2.22. The van der Waals surface area contributed by atoms with Gasteiger partial charge in [-0.15, -0.1) is 11.8 Å². The van der Waals surface area contributed by atoms with Gasteiger partial charge < -0.3 is 20.3 Å². The highest BCUT2D eigenvalue weighted by molar-refractivity contribution is 8.00. The minimum atomic E-state index is -0.592. The molecule has 0 aliphatic rings. The van der Waals surface area contributed by atoms with Gasteiger partial charge in [-0.1, -0.05) is 6.07 Å². The molecular weight excluding hydrogens is 452 g/mol. The number of aromatic nitrogens is 1. The zero-order valence-electron chi connectivity index (χ0n) is 20.5. The number of benzene rings is 1. The first-order valence-corrected chi connectivity index (χ1v) is 12.1. The lowest BCUT2D eigenvalue weighted by Crippen LogP contribution is -2.38. The van der Waals surface area contributed by atoms with E-state index in [1.807, 2.05) is 64.1 Å². The number of hydrogen-bond acceptors (Lipinski definition) is 6. The van der Waals surface area contributed by atoms with Crippen molar-refractivity contribution in [1.29, 1.82) is 0 Å². The van der Waals surface area contributed by atoms with E-state index in [1.54, 1.807) is 17.3 Å². The minimum Gasteiger partial charge on any atom is -0.444 e. The van der Waals surface area contributed by atoms with Crippen molar-refractivity contribution in [3.05, 3.63) is 54.4 Å². The van der Waals surface area contributed by atoms with Crippen LogP contribution in [-0.4, -0.2) is 51.7 Å². The second-order valence-corrected chi connectivity index (χ2v) is 10.3. The Kier molecular flexibility index (Phi) is 10.4. The molecular formula is C25H34N4O4S. The molecule has 0 aliphatic heterocycles. The molecule has 0 bridgehead atoms. The highest BCUT2D eigenvalue weighted by atomic mass is 32.2. The Hall–Kier alpha value is -3.07. The maximum Gasteiger partial charge on any atom is 0.410 e. The Morgan fingerprint density at radius 2 is 1.85 bits per heavy atom. The van der Waals surface area contributed by atoms with Crippen LogP contribution in [0.1, 0.15) is 46.6 Å². The molecule has 184 valence electrons. The molecule has 1 atom stereocenters. The Bertz CT molecular complexity index is 946. The number of hydrogen-bond donors (Lipinski definition) is 2. The van der Waals surface area contributed by atoms with Crippen molar-refractivity contribution in [3.8, 4) is 0 Å². The smallest absolute Gasteiger partial charge is 0.410 e. The van der Waals surface area contributed by atoms with Gasteiger partial charge in [-0.05, 0) is 70.0 Å². The zero-order chi connectivity index (χ0) is 25.1. The maximum absolute atomic E-state index is 12.7. The third-order valence-electron chi connectivity index (χ3n) is 4.51. The van der Waals surface area contributed by atoms with Crippen molar-refractivity contribution < 1.29 is 19.1 Å². The Balaban J connectivity index is 1.83. The number of ether oxygens (including phenoxy) is 1. The number of anilines is 1. The molecule has 0 radical (unpaired) electrons. The van der Waals surface area contributed by atoms with Crippen LogP contribution < -0.4 is 10.6 Å². The zero-order valence-corrected chi connectivity index (χ0v) is 21.3. The Morgan fingerprint density at radius 1 is 1.15 bits per heavy atom. The molecule has 0 saturated carbocycles. The maximum atomic E-state index is 12.7. The summed E-state index contributed by atoms with van der Waals surface area (Å²) in [6, 6.07) is 11.1. The van der Waals surface area contributed by atoms with Crippen LogP contribution in [0.15, 0.2) is 53.7 Å². The van der Waals surface area contributed by atoms with Crippen LogP contribution in [0, 0.1) is 0 Å². The number of carbonyl (C=O) groups excluding carboxylic acids is 3. The van der Waals surface area contributed by atoms with Gasteiger partial charge in [-0.2, -0.15) is 0 Å². The largest absolute Gasteiger partial charge is 0.444 e. The van der Waals surface area contributed by atoms with Crippen molar-refractivity contribution in [2.45, 2.75) is 63.3 Å². The summed E-state index contributed by atoms with van der Waals surface area (Å²) in [5, 5.41) is 5.37. The molecule has 1 unspecified atom stereocenters. The second-order valence-electron chi connectivity index (χ2n) is 8.87. The first-order chi connectivity index (χ1) is 16.0. The number of rotatable bonds is 10. The molecule has 8 nitrogen and oxygen atoms in total. The van der Waals surface area contributed by atoms with Crippen LogP contribution in [0.4, 0.5) is 10.5 Å². The molecule has 0 aliphatic carbocycles. The van der Waals surface area contributed by atoms with Crippen LogP contribution in [0.3, 0.4) is 0 Å². The predicted molar refractivity (Wildman–Crippen MR) is 135 cm³/mol. The van der Waals surface area contributed by atoms with Gasteiger partial charge in [0.25, 0.3) is 0 Å². The summed E-state index contributed by atoms with van der Waals surface area (Å²) in [6.07, 6.45) is 3.61. The molecule has 1 aromatic heterocycles.